The van der Waals surface area contributed by atoms with Gasteiger partial charge in [-0.25, -0.2) is 13.6 Å². The average Bonchev–Trinajstić information content (AvgIpc) is 3.03. The fourth-order valence-corrected chi connectivity index (χ4v) is 5.95. The van der Waals surface area contributed by atoms with Crippen LogP contribution in [0, 0.1) is 11.8 Å². The van der Waals surface area contributed by atoms with Crippen LogP contribution in [0.5, 0.6) is 5.75 Å². The van der Waals surface area contributed by atoms with E-state index in [2.05, 4.69) is 16.7 Å². The van der Waals surface area contributed by atoms with Gasteiger partial charge in [0, 0.05) is 44.5 Å². The fourth-order valence-electron chi connectivity index (χ4n) is 5.39. The van der Waals surface area contributed by atoms with Gasteiger partial charge in [0.05, 0.1) is 36.9 Å². The van der Waals surface area contributed by atoms with Gasteiger partial charge in [0.15, 0.2) is 0 Å². The van der Waals surface area contributed by atoms with Crippen LogP contribution in [-0.2, 0) is 26.1 Å². The molecule has 2 atom stereocenters. The smallest absolute Gasteiger partial charge is 0.238 e. The van der Waals surface area contributed by atoms with E-state index < -0.39 is 21.9 Å². The summed E-state index contributed by atoms with van der Waals surface area (Å²) in [4.78, 5) is 2.22. The van der Waals surface area contributed by atoms with Crippen LogP contribution in [0.3, 0.4) is 0 Å². The Hall–Kier alpha value is -3.27. The Morgan fingerprint density at radius 1 is 0.978 bits per heavy atom. The van der Waals surface area contributed by atoms with Crippen LogP contribution in [0.15, 0.2) is 77.7 Å². The number of aliphatic hydroxyl groups excluding tert-OH is 2. The molecule has 0 saturated heterocycles. The molecular weight excluding hydrogens is 604 g/mol. The van der Waals surface area contributed by atoms with Crippen molar-refractivity contribution < 1.29 is 32.8 Å². The van der Waals surface area contributed by atoms with Crippen molar-refractivity contribution in [3.63, 3.8) is 0 Å². The maximum Gasteiger partial charge on any atom is 0.238 e. The van der Waals surface area contributed by atoms with Crippen molar-refractivity contribution in [3.8, 4) is 17.6 Å². The molecule has 0 radical (unpaired) electrons. The molecule has 1 heterocycles. The van der Waals surface area contributed by atoms with Crippen LogP contribution in [0.2, 0.25) is 0 Å². The number of nitrogens with two attached hydrogens (primary N) is 1. The highest BCUT2D eigenvalue weighted by Crippen LogP contribution is 2.33. The lowest BCUT2D eigenvalue weighted by Crippen LogP contribution is -2.36. The zero-order chi connectivity index (χ0) is 33.0. The molecule has 248 valence electrons. The predicted molar refractivity (Wildman–Crippen MR) is 177 cm³/mol. The van der Waals surface area contributed by atoms with Gasteiger partial charge in [-0.05, 0) is 60.8 Å². The Morgan fingerprint density at radius 3 is 2.52 bits per heavy atom. The Kier molecular flexibility index (Phi) is 13.2. The second kappa shape index (κ2) is 17.0. The van der Waals surface area contributed by atoms with Crippen LogP contribution in [0.25, 0.3) is 0 Å². The first-order valence-electron chi connectivity index (χ1n) is 15.8. The van der Waals surface area contributed by atoms with E-state index in [9.17, 15) is 18.6 Å². The number of sulfonamides is 1. The number of hydrogen-bond donors (Lipinski definition) is 3. The summed E-state index contributed by atoms with van der Waals surface area (Å²) in [5.74, 6) is 6.05. The minimum atomic E-state index is -3.75. The van der Waals surface area contributed by atoms with E-state index in [1.54, 1.807) is 12.1 Å². The molecule has 4 N–H and O–H groups in total. The average molecular weight is 651 g/mol. The molecule has 0 fully saturated rings. The van der Waals surface area contributed by atoms with E-state index in [0.29, 0.717) is 38.3 Å². The Balaban J connectivity index is 1.23. The Bertz CT molecular complexity index is 1570. The monoisotopic (exact) mass is 650 g/mol. The van der Waals surface area contributed by atoms with E-state index in [4.69, 9.17) is 19.3 Å². The lowest BCUT2D eigenvalue weighted by molar-refractivity contribution is -0.180. The standard InChI is InChI=1S/C36H46N2O7S/c1-36(2)44-27-31-24-30(18-19-35(31)45-36)34(40)25-38(33(26-39)29-15-6-5-7-16-29)20-9-3-4-10-21-43-22-11-8-13-28-14-12-17-32(23-28)46(37,41)42/h5-7,12,14-19,23-24,33-34,39-40H,3-4,9-11,20-22,25-27H2,1-2H3,(H2,37,41,42)/t33-,34+/m1/s1. The molecule has 0 unspecified atom stereocenters. The topological polar surface area (TPSA) is 132 Å². The summed E-state index contributed by atoms with van der Waals surface area (Å²) in [6, 6.07) is 21.7. The minimum absolute atomic E-state index is 0.0477. The predicted octanol–water partition coefficient (Wildman–Crippen LogP) is 5.07. The summed E-state index contributed by atoms with van der Waals surface area (Å²) in [6.45, 7) is 6.37. The number of aliphatic hydroxyl groups is 2. The minimum Gasteiger partial charge on any atom is -0.463 e. The molecule has 4 rings (SSSR count). The van der Waals surface area contributed by atoms with Crippen LogP contribution in [-0.4, -0.2) is 62.2 Å². The molecule has 0 aromatic heterocycles. The van der Waals surface area contributed by atoms with Crippen molar-refractivity contribution in [2.45, 2.75) is 75.4 Å². The van der Waals surface area contributed by atoms with Crippen LogP contribution >= 0.6 is 0 Å². The van der Waals surface area contributed by atoms with Gasteiger partial charge in [-0.1, -0.05) is 67.1 Å². The molecule has 3 aromatic rings. The quantitative estimate of drug-likeness (QED) is 0.145. The van der Waals surface area contributed by atoms with E-state index in [1.165, 1.54) is 12.1 Å². The lowest BCUT2D eigenvalue weighted by atomic mass is 10.0. The van der Waals surface area contributed by atoms with E-state index in [1.807, 2.05) is 62.4 Å². The summed E-state index contributed by atoms with van der Waals surface area (Å²) in [5, 5.41) is 26.9. The van der Waals surface area contributed by atoms with E-state index in [0.717, 1.165) is 54.7 Å². The first kappa shape index (κ1) is 35.6. The number of nitrogens with zero attached hydrogens (tertiary/aromatic N) is 1. The summed E-state index contributed by atoms with van der Waals surface area (Å²) in [6.07, 6.45) is 3.63. The molecule has 1 aliphatic rings. The summed E-state index contributed by atoms with van der Waals surface area (Å²) in [7, 11) is -3.75. The van der Waals surface area contributed by atoms with Gasteiger partial charge in [0.25, 0.3) is 0 Å². The number of benzene rings is 3. The molecule has 3 aromatic carbocycles. The molecule has 0 saturated carbocycles. The Morgan fingerprint density at radius 2 is 1.76 bits per heavy atom. The zero-order valence-electron chi connectivity index (χ0n) is 26.7. The van der Waals surface area contributed by atoms with Crippen LogP contribution in [0.1, 0.15) is 80.4 Å². The summed E-state index contributed by atoms with van der Waals surface area (Å²) < 4.78 is 40.4. The van der Waals surface area contributed by atoms with Gasteiger partial charge < -0.3 is 24.4 Å². The molecule has 0 bridgehead atoms. The first-order chi connectivity index (χ1) is 22.1. The van der Waals surface area contributed by atoms with Crippen molar-refractivity contribution in [3.05, 3.63) is 95.1 Å². The number of rotatable bonds is 16. The highest BCUT2D eigenvalue weighted by Gasteiger charge is 2.28. The van der Waals surface area contributed by atoms with Gasteiger partial charge in [-0.15, -0.1) is 0 Å². The number of unbranched alkanes of at least 4 members (excludes halogenated alkanes) is 3. The Labute approximate surface area is 273 Å². The number of hydrogen-bond acceptors (Lipinski definition) is 8. The lowest BCUT2D eigenvalue weighted by Gasteiger charge is -2.34. The normalized spacial score (nSPS) is 15.3. The van der Waals surface area contributed by atoms with Crippen molar-refractivity contribution >= 4 is 10.0 Å². The molecule has 0 spiro atoms. The molecule has 46 heavy (non-hydrogen) atoms. The van der Waals surface area contributed by atoms with Crippen LogP contribution < -0.4 is 9.88 Å². The van der Waals surface area contributed by atoms with Gasteiger partial charge in [-0.3, -0.25) is 4.90 Å². The highest BCUT2D eigenvalue weighted by molar-refractivity contribution is 7.89. The maximum absolute atomic E-state index is 11.5. The molecule has 1 aliphatic heterocycles. The van der Waals surface area contributed by atoms with Crippen molar-refractivity contribution in [2.24, 2.45) is 5.14 Å². The van der Waals surface area contributed by atoms with E-state index in [-0.39, 0.29) is 17.5 Å². The van der Waals surface area contributed by atoms with Gasteiger partial charge in [-0.2, -0.15) is 0 Å². The third-order valence-electron chi connectivity index (χ3n) is 7.86. The molecule has 10 heteroatoms. The third kappa shape index (κ3) is 10.9. The first-order valence-corrected chi connectivity index (χ1v) is 17.3. The summed E-state index contributed by atoms with van der Waals surface area (Å²) in [5.41, 5.74) is 3.31. The largest absolute Gasteiger partial charge is 0.463 e. The third-order valence-corrected chi connectivity index (χ3v) is 8.77. The molecule has 0 aliphatic carbocycles. The number of ether oxygens (including phenoxy) is 3. The number of fused-ring (bicyclic) bond motifs is 1. The van der Waals surface area contributed by atoms with Crippen molar-refractivity contribution in [1.82, 2.24) is 4.90 Å². The zero-order valence-corrected chi connectivity index (χ0v) is 27.5. The molecule has 9 nitrogen and oxygen atoms in total. The molecular formula is C36H46N2O7S. The number of primary sulfonamides is 1. The SMILES string of the molecule is CC1(C)OCc2cc([C@@H](O)CN(CCCCCCOCCC#Cc3cccc(S(N)(=O)=O)c3)[C@H](CO)c3ccccc3)ccc2O1. The van der Waals surface area contributed by atoms with Crippen molar-refractivity contribution in [1.29, 1.82) is 0 Å². The van der Waals surface area contributed by atoms with E-state index >= 15 is 0 Å². The summed E-state index contributed by atoms with van der Waals surface area (Å²) >= 11 is 0. The van der Waals surface area contributed by atoms with Crippen molar-refractivity contribution in [2.75, 3.05) is 32.9 Å². The maximum atomic E-state index is 11.5. The van der Waals surface area contributed by atoms with Crippen LogP contribution in [0.4, 0.5) is 0 Å². The van der Waals surface area contributed by atoms with Gasteiger partial charge >= 0.3 is 0 Å². The fraction of sp³-hybridized carbons (Fsp3) is 0.444. The second-order valence-electron chi connectivity index (χ2n) is 11.9. The second-order valence-corrected chi connectivity index (χ2v) is 13.5. The molecule has 0 amide bonds. The van der Waals surface area contributed by atoms with Gasteiger partial charge in [0.2, 0.25) is 15.8 Å². The van der Waals surface area contributed by atoms with Gasteiger partial charge in [0.1, 0.15) is 5.75 Å². The highest BCUT2D eigenvalue weighted by atomic mass is 32.2.